The van der Waals surface area contributed by atoms with Crippen molar-refractivity contribution in [2.45, 2.75) is 217 Å². The SMILES string of the molecule is C#C[C@@H](O[Si](C(C)C)(C(C)C)C(C)C)[C@H]1O[C@@H](n2c(C#C[C@@H](O[Si](C(C)C)(C(C)C)C(C)C)[C@H]3O[C@@H](n4cnc5c(N)ncnc54)[C@@H]4OC(C)(C)O[C@@H]43)nc3c(N)ncnc32)[C@@H]2OC(C)(C)O[C@@H]21. The van der Waals surface area contributed by atoms with Crippen LogP contribution in [0.5, 0.6) is 0 Å². The molecule has 0 spiro atoms. The summed E-state index contributed by atoms with van der Waals surface area (Å²) in [5.74, 6) is 8.79. The number of nitrogens with two attached hydrogens (primary N) is 2. The van der Waals surface area contributed by atoms with Gasteiger partial charge in [0, 0.05) is 0 Å². The molecule has 0 unspecified atom stereocenters. The van der Waals surface area contributed by atoms with E-state index in [1.807, 2.05) is 36.8 Å². The minimum absolute atomic E-state index is 0.178. The Balaban J connectivity index is 1.27. The van der Waals surface area contributed by atoms with Crippen molar-refractivity contribution >= 4 is 50.6 Å². The van der Waals surface area contributed by atoms with Crippen LogP contribution in [0.25, 0.3) is 22.3 Å². The minimum Gasteiger partial charge on any atom is -0.400 e. The molecule has 68 heavy (non-hydrogen) atoms. The van der Waals surface area contributed by atoms with Crippen molar-refractivity contribution < 1.29 is 37.3 Å². The predicted molar refractivity (Wildman–Crippen MR) is 262 cm³/mol. The van der Waals surface area contributed by atoms with Gasteiger partial charge in [0.1, 0.15) is 67.0 Å². The summed E-state index contributed by atoms with van der Waals surface area (Å²) in [4.78, 5) is 27.3. The number of aromatic nitrogens is 8. The quantitative estimate of drug-likeness (QED) is 0.0912. The topological polar surface area (TPSA) is 213 Å². The third kappa shape index (κ3) is 8.35. The third-order valence-electron chi connectivity index (χ3n) is 14.7. The molecule has 20 heteroatoms. The molecule has 4 N–H and O–H groups in total. The average molecular weight is 973 g/mol. The summed E-state index contributed by atoms with van der Waals surface area (Å²) >= 11 is 0. The number of nitrogens with zero attached hydrogens (tertiary/aromatic N) is 8. The number of terminal acetylenes is 1. The molecule has 4 aromatic rings. The Bertz CT molecular complexity index is 2550. The van der Waals surface area contributed by atoms with E-state index in [4.69, 9.17) is 65.1 Å². The molecular formula is C48H72N10O8Si2. The number of fused-ring (bicyclic) bond motifs is 4. The number of hydrogen-bond acceptors (Lipinski definition) is 16. The van der Waals surface area contributed by atoms with Crippen LogP contribution >= 0.6 is 0 Å². The summed E-state index contributed by atoms with van der Waals surface area (Å²) in [6.07, 6.45) is 3.71. The maximum Gasteiger partial charge on any atom is 0.202 e. The zero-order valence-electron chi connectivity index (χ0n) is 42.5. The summed E-state index contributed by atoms with van der Waals surface area (Å²) in [6, 6.07) is 0. The summed E-state index contributed by atoms with van der Waals surface area (Å²) in [6.45, 7) is 34.3. The van der Waals surface area contributed by atoms with Crippen molar-refractivity contribution in [1.29, 1.82) is 0 Å². The molecule has 0 amide bonds. The zero-order valence-corrected chi connectivity index (χ0v) is 44.5. The molecule has 0 aromatic carbocycles. The lowest BCUT2D eigenvalue weighted by Crippen LogP contribution is -2.53. The Morgan fingerprint density at radius 3 is 1.56 bits per heavy atom. The van der Waals surface area contributed by atoms with E-state index >= 15 is 0 Å². The van der Waals surface area contributed by atoms with Crippen molar-refractivity contribution in [1.82, 2.24) is 39.0 Å². The van der Waals surface area contributed by atoms with Gasteiger partial charge < -0.3 is 48.7 Å². The molecule has 10 atom stereocenters. The number of hydrogen-bond donors (Lipinski definition) is 2. The van der Waals surface area contributed by atoms with Crippen molar-refractivity contribution in [3.63, 3.8) is 0 Å². The van der Waals surface area contributed by atoms with E-state index in [2.05, 4.69) is 121 Å². The molecule has 0 aliphatic carbocycles. The van der Waals surface area contributed by atoms with Crippen molar-refractivity contribution in [2.24, 2.45) is 0 Å². The molecule has 4 saturated heterocycles. The maximum absolute atomic E-state index is 7.64. The highest BCUT2D eigenvalue weighted by atomic mass is 28.4. The number of imidazole rings is 2. The first kappa shape index (κ1) is 50.3. The van der Waals surface area contributed by atoms with Gasteiger partial charge in [-0.15, -0.1) is 6.42 Å². The molecule has 8 rings (SSSR count). The smallest absolute Gasteiger partial charge is 0.202 e. The molecule has 4 aliphatic heterocycles. The zero-order chi connectivity index (χ0) is 49.6. The molecule has 4 aliphatic rings. The van der Waals surface area contributed by atoms with Gasteiger partial charge in [-0.05, 0) is 66.9 Å². The Labute approximate surface area is 402 Å². The van der Waals surface area contributed by atoms with Gasteiger partial charge >= 0.3 is 0 Å². The van der Waals surface area contributed by atoms with Crippen LogP contribution in [0, 0.1) is 24.2 Å². The van der Waals surface area contributed by atoms with Crippen molar-refractivity contribution in [3.8, 4) is 24.2 Å². The number of anilines is 2. The first-order valence-electron chi connectivity index (χ1n) is 24.2. The Kier molecular flexibility index (Phi) is 13.5. The van der Waals surface area contributed by atoms with Crippen LogP contribution in [-0.4, -0.2) is 116 Å². The van der Waals surface area contributed by atoms with E-state index < -0.39 is 89.5 Å². The molecule has 0 saturated carbocycles. The van der Waals surface area contributed by atoms with E-state index in [0.29, 0.717) is 28.2 Å². The van der Waals surface area contributed by atoms with Crippen LogP contribution < -0.4 is 11.5 Å². The maximum atomic E-state index is 7.64. The lowest BCUT2D eigenvalue weighted by molar-refractivity contribution is -0.203. The second kappa shape index (κ2) is 18.3. The lowest BCUT2D eigenvalue weighted by atomic mass is 10.1. The van der Waals surface area contributed by atoms with Crippen molar-refractivity contribution in [3.05, 3.63) is 24.8 Å². The van der Waals surface area contributed by atoms with Gasteiger partial charge in [0.15, 0.2) is 58.3 Å². The van der Waals surface area contributed by atoms with Gasteiger partial charge in [0.2, 0.25) is 16.6 Å². The van der Waals surface area contributed by atoms with Gasteiger partial charge in [-0.2, -0.15) is 0 Å². The summed E-state index contributed by atoms with van der Waals surface area (Å²) in [5, 5.41) is 0. The summed E-state index contributed by atoms with van der Waals surface area (Å²) in [5.41, 5.74) is 15.9. The highest BCUT2D eigenvalue weighted by Gasteiger charge is 2.62. The molecule has 0 bridgehead atoms. The number of rotatable bonds is 14. The highest BCUT2D eigenvalue weighted by molar-refractivity contribution is 6.78. The van der Waals surface area contributed by atoms with Crippen LogP contribution in [0.2, 0.25) is 33.2 Å². The lowest BCUT2D eigenvalue weighted by Gasteiger charge is -2.44. The van der Waals surface area contributed by atoms with E-state index in [1.165, 1.54) is 12.7 Å². The second-order valence-corrected chi connectivity index (χ2v) is 32.4. The molecule has 0 radical (unpaired) electrons. The predicted octanol–water partition coefficient (Wildman–Crippen LogP) is 7.77. The monoisotopic (exact) mass is 973 g/mol. The molecule has 4 aromatic heterocycles. The van der Waals surface area contributed by atoms with E-state index in [0.717, 1.165) is 0 Å². The Morgan fingerprint density at radius 2 is 1.04 bits per heavy atom. The van der Waals surface area contributed by atoms with Crippen LogP contribution in [0.1, 0.15) is 129 Å². The molecule has 8 heterocycles. The number of ether oxygens (including phenoxy) is 6. The fourth-order valence-electron chi connectivity index (χ4n) is 12.2. The molecule has 18 nitrogen and oxygen atoms in total. The third-order valence-corrected chi connectivity index (χ3v) is 26.9. The first-order valence-corrected chi connectivity index (χ1v) is 28.4. The van der Waals surface area contributed by atoms with Crippen LogP contribution in [0.3, 0.4) is 0 Å². The van der Waals surface area contributed by atoms with Crippen molar-refractivity contribution in [2.75, 3.05) is 11.5 Å². The van der Waals surface area contributed by atoms with E-state index in [1.54, 1.807) is 6.33 Å². The van der Waals surface area contributed by atoms with E-state index in [-0.39, 0.29) is 44.9 Å². The van der Waals surface area contributed by atoms with Gasteiger partial charge in [-0.1, -0.05) is 94.9 Å². The molecular weight excluding hydrogens is 901 g/mol. The fraction of sp³-hybridized carbons (Fsp3) is 0.708. The number of nitrogen functional groups attached to an aromatic ring is 2. The largest absolute Gasteiger partial charge is 0.400 e. The summed E-state index contributed by atoms with van der Waals surface area (Å²) < 4.78 is 59.5. The fourth-order valence-corrected chi connectivity index (χ4v) is 23.1. The van der Waals surface area contributed by atoms with Crippen LogP contribution in [-0.2, 0) is 37.3 Å². The van der Waals surface area contributed by atoms with Crippen LogP contribution in [0.4, 0.5) is 11.6 Å². The molecule has 4 fully saturated rings. The van der Waals surface area contributed by atoms with Gasteiger partial charge in [0.25, 0.3) is 0 Å². The minimum atomic E-state index is -2.69. The highest BCUT2D eigenvalue weighted by Crippen LogP contribution is 2.51. The molecule has 370 valence electrons. The normalized spacial score (nSPS) is 27.8. The van der Waals surface area contributed by atoms with Gasteiger partial charge in [-0.25, -0.2) is 29.9 Å². The van der Waals surface area contributed by atoms with Crippen LogP contribution in [0.15, 0.2) is 19.0 Å². The Morgan fingerprint density at radius 1 is 0.603 bits per heavy atom. The van der Waals surface area contributed by atoms with E-state index in [9.17, 15) is 0 Å². The average Bonchev–Trinajstić information content (AvgIpc) is 4.09. The summed E-state index contributed by atoms with van der Waals surface area (Å²) in [7, 11) is -5.20. The Hall–Kier alpha value is -4.07. The standard InChI is InChI=1S/C48H72N10O8Si2/c1-18-30(65-67(24(2)3,25(4)5)26(6)7)35-37-40(64-48(16,17)61-37)46(60-35)58-32(56-34-42(50)52-22-54-44(34)58)20-19-31(66-68(27(8)9,28(10)11)29(12)13)36-38-39(63-47(14,15)62-38)45(59-36)57-23-55-33-41(49)51-21-53-43(33)57/h1,21-31,35-40,45-46H,2-17H3,(H2,49,51,53)(H2,50,52,54)/t30-,31-,35-,36-,37-,38-,39-,40-,45-,46-/m1/s1. The van der Waals surface area contributed by atoms with Gasteiger partial charge in [-0.3, -0.25) is 9.13 Å². The second-order valence-electron chi connectivity index (χ2n) is 21.6. The first-order chi connectivity index (χ1) is 31.9. The van der Waals surface area contributed by atoms with Gasteiger partial charge in [0.05, 0.1) is 6.33 Å².